The fourth-order valence-electron chi connectivity index (χ4n) is 2.69. The fourth-order valence-corrected chi connectivity index (χ4v) is 3.02. The zero-order valence-corrected chi connectivity index (χ0v) is 17.5. The van der Waals surface area contributed by atoms with Crippen molar-refractivity contribution in [1.29, 1.82) is 0 Å². The lowest BCUT2D eigenvalue weighted by atomic mass is 10.1. The standard InChI is InChI=1S/C22H19ClFN3O2S/c23-16-7-5-15(6-8-16)13-14-25-22(29)27(30)18-11-9-17(10-12-18)26-21(28)19-3-1-2-4-20(19)24/h1-12,30H,13-14H2,(H,25,29)(H,26,28). The maximum atomic E-state index is 13.7. The van der Waals surface area contributed by atoms with E-state index in [1.807, 2.05) is 12.1 Å². The van der Waals surface area contributed by atoms with Crippen molar-refractivity contribution >= 4 is 47.7 Å². The Balaban J connectivity index is 1.53. The van der Waals surface area contributed by atoms with Crippen LogP contribution in [0.2, 0.25) is 5.02 Å². The fraction of sp³-hybridized carbons (Fsp3) is 0.0909. The van der Waals surface area contributed by atoms with E-state index >= 15 is 0 Å². The van der Waals surface area contributed by atoms with Crippen molar-refractivity contribution in [2.45, 2.75) is 6.42 Å². The number of nitrogens with zero attached hydrogens (tertiary/aromatic N) is 1. The molecular formula is C22H19ClFN3O2S. The quantitative estimate of drug-likeness (QED) is 0.450. The van der Waals surface area contributed by atoms with Crippen molar-refractivity contribution in [3.05, 3.63) is 94.8 Å². The SMILES string of the molecule is O=C(Nc1ccc(N(S)C(=O)NCCc2ccc(Cl)cc2)cc1)c1ccccc1F. The predicted molar refractivity (Wildman–Crippen MR) is 121 cm³/mol. The van der Waals surface area contributed by atoms with Crippen LogP contribution in [0.15, 0.2) is 72.8 Å². The summed E-state index contributed by atoms with van der Waals surface area (Å²) in [6.07, 6.45) is 0.658. The van der Waals surface area contributed by atoms with Crippen LogP contribution < -0.4 is 14.9 Å². The Morgan fingerprint density at radius 3 is 2.30 bits per heavy atom. The second kappa shape index (κ2) is 10.1. The average Bonchev–Trinajstić information content (AvgIpc) is 2.75. The largest absolute Gasteiger partial charge is 0.337 e. The first-order valence-electron chi connectivity index (χ1n) is 9.11. The van der Waals surface area contributed by atoms with Gasteiger partial charge in [-0.3, -0.25) is 4.79 Å². The minimum Gasteiger partial charge on any atom is -0.337 e. The number of amides is 3. The molecule has 0 aliphatic carbocycles. The lowest BCUT2D eigenvalue weighted by molar-refractivity contribution is 0.102. The minimum absolute atomic E-state index is 0.0440. The van der Waals surface area contributed by atoms with Crippen LogP contribution in [-0.4, -0.2) is 18.5 Å². The molecule has 0 saturated heterocycles. The van der Waals surface area contributed by atoms with Crippen LogP contribution in [0.1, 0.15) is 15.9 Å². The van der Waals surface area contributed by atoms with Gasteiger partial charge in [0.2, 0.25) is 0 Å². The molecule has 3 amide bonds. The zero-order chi connectivity index (χ0) is 21.5. The molecule has 0 radical (unpaired) electrons. The van der Waals surface area contributed by atoms with Gasteiger partial charge in [-0.1, -0.05) is 48.7 Å². The van der Waals surface area contributed by atoms with Gasteiger partial charge in [-0.05, 0) is 60.5 Å². The number of urea groups is 1. The highest BCUT2D eigenvalue weighted by Gasteiger charge is 2.13. The Hall–Kier alpha value is -3.03. The number of benzene rings is 3. The molecule has 3 rings (SSSR count). The van der Waals surface area contributed by atoms with Gasteiger partial charge in [-0.2, -0.15) is 0 Å². The van der Waals surface area contributed by atoms with Gasteiger partial charge >= 0.3 is 6.03 Å². The van der Waals surface area contributed by atoms with E-state index in [1.165, 1.54) is 22.5 Å². The van der Waals surface area contributed by atoms with E-state index in [0.29, 0.717) is 29.4 Å². The molecule has 3 aromatic carbocycles. The maximum Gasteiger partial charge on any atom is 0.331 e. The average molecular weight is 444 g/mol. The van der Waals surface area contributed by atoms with Crippen molar-refractivity contribution in [2.24, 2.45) is 0 Å². The summed E-state index contributed by atoms with van der Waals surface area (Å²) in [7, 11) is 0. The van der Waals surface area contributed by atoms with Gasteiger partial charge in [0.1, 0.15) is 5.82 Å². The zero-order valence-electron chi connectivity index (χ0n) is 15.8. The molecule has 154 valence electrons. The van der Waals surface area contributed by atoms with Crippen molar-refractivity contribution in [3.63, 3.8) is 0 Å². The summed E-state index contributed by atoms with van der Waals surface area (Å²) in [5, 5.41) is 6.07. The number of carbonyl (C=O) groups is 2. The molecule has 5 nitrogen and oxygen atoms in total. The van der Waals surface area contributed by atoms with Crippen LogP contribution in [0.3, 0.4) is 0 Å². The number of rotatable bonds is 6. The summed E-state index contributed by atoms with van der Waals surface area (Å²) >= 11 is 10.1. The lowest BCUT2D eigenvalue weighted by Crippen LogP contribution is -2.35. The number of anilines is 2. The second-order valence-electron chi connectivity index (χ2n) is 6.40. The Morgan fingerprint density at radius 1 is 0.967 bits per heavy atom. The molecule has 0 unspecified atom stereocenters. The summed E-state index contributed by atoms with van der Waals surface area (Å²) in [5.74, 6) is -1.15. The molecule has 0 spiro atoms. The highest BCUT2D eigenvalue weighted by molar-refractivity contribution is 7.82. The highest BCUT2D eigenvalue weighted by atomic mass is 35.5. The number of carbonyl (C=O) groups excluding carboxylic acids is 2. The first-order chi connectivity index (χ1) is 14.4. The monoisotopic (exact) mass is 443 g/mol. The Morgan fingerprint density at radius 2 is 1.63 bits per heavy atom. The van der Waals surface area contributed by atoms with Gasteiger partial charge in [0.25, 0.3) is 5.91 Å². The maximum absolute atomic E-state index is 13.7. The van der Waals surface area contributed by atoms with Gasteiger partial charge < -0.3 is 10.6 Å². The second-order valence-corrected chi connectivity index (χ2v) is 7.24. The van der Waals surface area contributed by atoms with Gasteiger partial charge in [0.05, 0.1) is 11.3 Å². The Labute approximate surface area is 184 Å². The first-order valence-corrected chi connectivity index (χ1v) is 9.89. The molecule has 0 aromatic heterocycles. The van der Waals surface area contributed by atoms with Gasteiger partial charge in [0, 0.05) is 17.3 Å². The molecule has 0 aliphatic rings. The topological polar surface area (TPSA) is 61.4 Å². The van der Waals surface area contributed by atoms with E-state index in [0.717, 1.165) is 5.56 Å². The lowest BCUT2D eigenvalue weighted by Gasteiger charge is -2.17. The molecule has 0 saturated carbocycles. The van der Waals surface area contributed by atoms with E-state index in [4.69, 9.17) is 11.6 Å². The first kappa shape index (κ1) is 21.7. The summed E-state index contributed by atoms with van der Waals surface area (Å²) in [4.78, 5) is 24.4. The van der Waals surface area contributed by atoms with Crippen molar-refractivity contribution < 1.29 is 14.0 Å². The third-order valence-electron chi connectivity index (χ3n) is 4.28. The predicted octanol–water partition coefficient (Wildman–Crippen LogP) is 5.33. The minimum atomic E-state index is -0.594. The molecule has 0 fully saturated rings. The van der Waals surface area contributed by atoms with Crippen molar-refractivity contribution in [2.75, 3.05) is 16.2 Å². The van der Waals surface area contributed by atoms with Crippen molar-refractivity contribution in [1.82, 2.24) is 5.32 Å². The van der Waals surface area contributed by atoms with Crippen LogP contribution in [-0.2, 0) is 6.42 Å². The van der Waals surface area contributed by atoms with E-state index < -0.39 is 11.7 Å². The number of thiol groups is 1. The van der Waals surface area contributed by atoms with Crippen LogP contribution >= 0.6 is 24.4 Å². The number of nitrogens with one attached hydrogen (secondary N) is 2. The molecule has 0 heterocycles. The molecule has 3 aromatic rings. The van der Waals surface area contributed by atoms with E-state index in [-0.39, 0.29) is 11.6 Å². The number of hydrogen-bond acceptors (Lipinski definition) is 3. The molecule has 2 N–H and O–H groups in total. The summed E-state index contributed by atoms with van der Waals surface area (Å²) < 4.78 is 14.9. The van der Waals surface area contributed by atoms with E-state index in [2.05, 4.69) is 23.4 Å². The van der Waals surface area contributed by atoms with E-state index in [9.17, 15) is 14.0 Å². The Kier molecular flexibility index (Phi) is 7.32. The molecule has 30 heavy (non-hydrogen) atoms. The van der Waals surface area contributed by atoms with Gasteiger partial charge in [0.15, 0.2) is 0 Å². The summed E-state index contributed by atoms with van der Waals surface area (Å²) in [6, 6.07) is 19.2. The third kappa shape index (κ3) is 5.75. The highest BCUT2D eigenvalue weighted by Crippen LogP contribution is 2.20. The summed E-state index contributed by atoms with van der Waals surface area (Å²) in [5.41, 5.74) is 2.00. The van der Waals surface area contributed by atoms with Crippen LogP contribution in [0.5, 0.6) is 0 Å². The van der Waals surface area contributed by atoms with Gasteiger partial charge in [-0.15, -0.1) is 0 Å². The number of hydrogen-bond donors (Lipinski definition) is 3. The van der Waals surface area contributed by atoms with Crippen LogP contribution in [0, 0.1) is 5.82 Å². The van der Waals surface area contributed by atoms with Crippen molar-refractivity contribution in [3.8, 4) is 0 Å². The molecule has 8 heteroatoms. The van der Waals surface area contributed by atoms with Crippen LogP contribution in [0.4, 0.5) is 20.6 Å². The normalized spacial score (nSPS) is 10.4. The number of halogens is 2. The Bertz CT molecular complexity index is 1030. The van der Waals surface area contributed by atoms with E-state index in [1.54, 1.807) is 42.5 Å². The molecular weight excluding hydrogens is 425 g/mol. The van der Waals surface area contributed by atoms with Gasteiger partial charge in [-0.25, -0.2) is 13.5 Å². The molecule has 0 atom stereocenters. The summed E-state index contributed by atoms with van der Waals surface area (Å²) in [6.45, 7) is 0.439. The molecule has 0 bridgehead atoms. The smallest absolute Gasteiger partial charge is 0.331 e. The third-order valence-corrected chi connectivity index (χ3v) is 4.95. The molecule has 0 aliphatic heterocycles. The van der Waals surface area contributed by atoms with Crippen LogP contribution in [0.25, 0.3) is 0 Å².